The van der Waals surface area contributed by atoms with E-state index in [-0.39, 0.29) is 0 Å². The number of nitrogens with one attached hydrogen (secondary N) is 1. The van der Waals surface area contributed by atoms with Gasteiger partial charge in [-0.05, 0) is 66.3 Å². The van der Waals surface area contributed by atoms with Crippen LogP contribution in [0.25, 0.3) is 21.8 Å². The first-order valence-corrected chi connectivity index (χ1v) is 9.66. The highest BCUT2D eigenvalue weighted by atomic mass is 14.7. The van der Waals surface area contributed by atoms with Crippen LogP contribution >= 0.6 is 0 Å². The van der Waals surface area contributed by atoms with Crippen molar-refractivity contribution in [3.05, 3.63) is 108 Å². The zero-order valence-corrected chi connectivity index (χ0v) is 15.5. The third-order valence-electron chi connectivity index (χ3n) is 5.39. The lowest BCUT2D eigenvalue weighted by Crippen LogP contribution is -2.07. The molecule has 3 aromatic heterocycles. The molecule has 5 aromatic rings. The van der Waals surface area contributed by atoms with Gasteiger partial charge in [0.1, 0.15) is 0 Å². The van der Waals surface area contributed by atoms with E-state index in [0.29, 0.717) is 5.92 Å². The van der Waals surface area contributed by atoms with Crippen LogP contribution in [-0.4, -0.2) is 15.0 Å². The van der Waals surface area contributed by atoms with Crippen molar-refractivity contribution in [2.45, 2.75) is 18.8 Å². The van der Waals surface area contributed by atoms with E-state index in [1.807, 2.05) is 24.5 Å². The van der Waals surface area contributed by atoms with Gasteiger partial charge in [-0.3, -0.25) is 9.97 Å². The molecular weight excluding hydrogens is 342 g/mol. The van der Waals surface area contributed by atoms with Gasteiger partial charge in [-0.15, -0.1) is 0 Å². The summed E-state index contributed by atoms with van der Waals surface area (Å²) in [6, 6.07) is 25.4. The summed E-state index contributed by atoms with van der Waals surface area (Å²) < 4.78 is 0. The summed E-state index contributed by atoms with van der Waals surface area (Å²) in [5, 5.41) is 2.49. The van der Waals surface area contributed by atoms with E-state index in [4.69, 9.17) is 0 Å². The van der Waals surface area contributed by atoms with E-state index in [9.17, 15) is 0 Å². The summed E-state index contributed by atoms with van der Waals surface area (Å²) in [7, 11) is 0. The number of hydrogen-bond acceptors (Lipinski definition) is 2. The molecule has 0 aliphatic carbocycles. The highest BCUT2D eigenvalue weighted by molar-refractivity contribution is 5.84. The van der Waals surface area contributed by atoms with Crippen LogP contribution in [0.3, 0.4) is 0 Å². The van der Waals surface area contributed by atoms with Crippen molar-refractivity contribution in [3.63, 3.8) is 0 Å². The second-order valence-corrected chi connectivity index (χ2v) is 7.25. The van der Waals surface area contributed by atoms with Gasteiger partial charge in [0.05, 0.1) is 5.52 Å². The van der Waals surface area contributed by atoms with Gasteiger partial charge >= 0.3 is 0 Å². The molecule has 0 amide bonds. The lowest BCUT2D eigenvalue weighted by Gasteiger charge is -2.17. The van der Waals surface area contributed by atoms with Crippen LogP contribution in [-0.2, 0) is 12.8 Å². The molecule has 0 aliphatic heterocycles. The molecule has 1 atom stereocenters. The van der Waals surface area contributed by atoms with E-state index in [1.165, 1.54) is 27.4 Å². The van der Waals surface area contributed by atoms with Gasteiger partial charge in [-0.1, -0.05) is 36.4 Å². The van der Waals surface area contributed by atoms with Crippen LogP contribution in [0, 0.1) is 0 Å². The minimum atomic E-state index is 0.347. The van der Waals surface area contributed by atoms with Crippen molar-refractivity contribution < 1.29 is 0 Å². The Balaban J connectivity index is 1.54. The first kappa shape index (κ1) is 16.7. The molecule has 0 aliphatic rings. The molecular formula is C25H21N3. The predicted molar refractivity (Wildman–Crippen MR) is 114 cm³/mol. The first-order valence-electron chi connectivity index (χ1n) is 9.66. The highest BCUT2D eigenvalue weighted by Gasteiger charge is 2.18. The normalized spacial score (nSPS) is 12.4. The first-order chi connectivity index (χ1) is 13.9. The van der Waals surface area contributed by atoms with Crippen LogP contribution in [0.5, 0.6) is 0 Å². The monoisotopic (exact) mass is 363 g/mol. The molecule has 0 saturated carbocycles. The molecule has 0 fully saturated rings. The number of aromatic amines is 1. The zero-order valence-electron chi connectivity index (χ0n) is 15.5. The Morgan fingerprint density at radius 2 is 1.68 bits per heavy atom. The van der Waals surface area contributed by atoms with Crippen LogP contribution in [0.4, 0.5) is 0 Å². The number of para-hydroxylation sites is 1. The highest BCUT2D eigenvalue weighted by Crippen LogP contribution is 2.31. The van der Waals surface area contributed by atoms with Crippen LogP contribution in [0.2, 0.25) is 0 Å². The topological polar surface area (TPSA) is 41.6 Å². The zero-order chi connectivity index (χ0) is 18.8. The molecule has 0 saturated heterocycles. The summed E-state index contributed by atoms with van der Waals surface area (Å²) in [5.74, 6) is 0.347. The maximum absolute atomic E-state index is 4.58. The van der Waals surface area contributed by atoms with Gasteiger partial charge in [0.2, 0.25) is 0 Å². The second kappa shape index (κ2) is 7.28. The largest absolute Gasteiger partial charge is 0.361 e. The van der Waals surface area contributed by atoms with Gasteiger partial charge in [-0.25, -0.2) is 0 Å². The molecule has 3 heteroatoms. The number of aromatic nitrogens is 3. The number of benzene rings is 2. The fraction of sp³-hybridized carbons (Fsp3) is 0.120. The number of rotatable bonds is 5. The molecule has 0 radical (unpaired) electrons. The quantitative estimate of drug-likeness (QED) is 0.436. The smallest absolute Gasteiger partial charge is 0.0702 e. The molecule has 28 heavy (non-hydrogen) atoms. The number of fused-ring (bicyclic) bond motifs is 2. The van der Waals surface area contributed by atoms with E-state index < -0.39 is 0 Å². The molecule has 0 spiro atoms. The second-order valence-electron chi connectivity index (χ2n) is 7.25. The summed E-state index contributed by atoms with van der Waals surface area (Å²) >= 11 is 0. The van der Waals surface area contributed by atoms with Crippen molar-refractivity contribution >= 4 is 21.8 Å². The fourth-order valence-corrected chi connectivity index (χ4v) is 4.03. The number of nitrogens with zero attached hydrogens (tertiary/aromatic N) is 2. The Labute approximate surface area is 164 Å². The fourth-order valence-electron chi connectivity index (χ4n) is 4.03. The molecule has 3 nitrogen and oxygen atoms in total. The Bertz CT molecular complexity index is 1220. The van der Waals surface area contributed by atoms with Crippen molar-refractivity contribution in [1.29, 1.82) is 0 Å². The molecule has 3 heterocycles. The van der Waals surface area contributed by atoms with E-state index in [1.54, 1.807) is 0 Å². The van der Waals surface area contributed by atoms with E-state index in [2.05, 4.69) is 81.8 Å². The van der Waals surface area contributed by atoms with E-state index in [0.717, 1.165) is 24.1 Å². The van der Waals surface area contributed by atoms with Crippen LogP contribution in [0.1, 0.15) is 22.7 Å². The van der Waals surface area contributed by atoms with Crippen molar-refractivity contribution in [3.8, 4) is 0 Å². The molecule has 1 N–H and O–H groups in total. The Morgan fingerprint density at radius 1 is 0.786 bits per heavy atom. The van der Waals surface area contributed by atoms with Gasteiger partial charge < -0.3 is 4.98 Å². The number of H-pyrrole nitrogens is 1. The number of hydrogen-bond donors (Lipinski definition) is 1. The van der Waals surface area contributed by atoms with Crippen molar-refractivity contribution in [2.75, 3.05) is 0 Å². The molecule has 136 valence electrons. The van der Waals surface area contributed by atoms with Gasteiger partial charge in [0.15, 0.2) is 0 Å². The lowest BCUT2D eigenvalue weighted by atomic mass is 9.87. The molecule has 1 unspecified atom stereocenters. The number of pyridine rings is 2. The predicted octanol–water partition coefficient (Wildman–Crippen LogP) is 5.68. The van der Waals surface area contributed by atoms with Gasteiger partial charge in [0.25, 0.3) is 0 Å². The standard InChI is InChI=1S/C25H21N3/c1-2-9-25-22(8-1)23(17-28-25)20(16-21-7-3-4-12-26-21)15-18-10-11-24-19(14-18)6-5-13-27-24/h1-14,17,20,28H,15-16H2. The summed E-state index contributed by atoms with van der Waals surface area (Å²) in [5.41, 5.74) is 6.03. The average Bonchev–Trinajstić information content (AvgIpc) is 3.18. The summed E-state index contributed by atoms with van der Waals surface area (Å²) in [6.07, 6.45) is 7.76. The average molecular weight is 363 g/mol. The minimum absolute atomic E-state index is 0.347. The van der Waals surface area contributed by atoms with E-state index >= 15 is 0 Å². The summed E-state index contributed by atoms with van der Waals surface area (Å²) in [6.45, 7) is 0. The molecule has 0 bridgehead atoms. The van der Waals surface area contributed by atoms with Crippen molar-refractivity contribution in [1.82, 2.24) is 15.0 Å². The summed E-state index contributed by atoms with van der Waals surface area (Å²) in [4.78, 5) is 12.5. The van der Waals surface area contributed by atoms with Gasteiger partial charge in [-0.2, -0.15) is 0 Å². The Hall–Kier alpha value is -3.46. The lowest BCUT2D eigenvalue weighted by molar-refractivity contribution is 0.673. The molecule has 2 aromatic carbocycles. The maximum atomic E-state index is 4.58. The van der Waals surface area contributed by atoms with Crippen LogP contribution in [0.15, 0.2) is 91.4 Å². The third-order valence-corrected chi connectivity index (χ3v) is 5.39. The molecule has 5 rings (SSSR count). The van der Waals surface area contributed by atoms with Crippen LogP contribution < -0.4 is 0 Å². The minimum Gasteiger partial charge on any atom is -0.361 e. The Morgan fingerprint density at radius 3 is 2.61 bits per heavy atom. The van der Waals surface area contributed by atoms with Crippen molar-refractivity contribution in [2.24, 2.45) is 0 Å². The maximum Gasteiger partial charge on any atom is 0.0702 e. The van der Waals surface area contributed by atoms with Gasteiger partial charge in [0, 0.05) is 40.6 Å². The third kappa shape index (κ3) is 3.27. The Kier molecular flexibility index (Phi) is 4.34. The SMILES string of the molecule is c1ccc(CC(Cc2ccc3ncccc3c2)c2c[nH]c3ccccc23)nc1.